The topological polar surface area (TPSA) is 45.0 Å². The molecule has 0 spiro atoms. The van der Waals surface area contributed by atoms with Crippen LogP contribution in [-0.4, -0.2) is 37.3 Å². The van der Waals surface area contributed by atoms with Crippen molar-refractivity contribution in [3.05, 3.63) is 0 Å². The van der Waals surface area contributed by atoms with Crippen LogP contribution in [0.4, 0.5) is 0 Å². The Morgan fingerprint density at radius 1 is 1.29 bits per heavy atom. The molecule has 1 N–H and O–H groups in total. The molecule has 1 unspecified atom stereocenters. The molecule has 0 aliphatic heterocycles. The summed E-state index contributed by atoms with van der Waals surface area (Å²) < 4.78 is 5.00. The molecule has 0 fully saturated rings. The Bertz CT molecular complexity index is 218. The first-order chi connectivity index (χ1) is 8.18. The Balaban J connectivity index is 3.41. The van der Waals surface area contributed by atoms with E-state index in [2.05, 4.69) is 11.4 Å². The van der Waals surface area contributed by atoms with E-state index in [0.29, 0.717) is 0 Å². The molecule has 0 radical (unpaired) electrons. The highest BCUT2D eigenvalue weighted by Gasteiger charge is 2.20. The van der Waals surface area contributed by atoms with Gasteiger partial charge in [0.05, 0.1) is 6.07 Å². The van der Waals surface area contributed by atoms with Crippen LogP contribution in [0.15, 0.2) is 0 Å². The van der Waals surface area contributed by atoms with Crippen LogP contribution in [0.1, 0.15) is 39.5 Å². The zero-order valence-corrected chi connectivity index (χ0v) is 12.2. The van der Waals surface area contributed by atoms with Crippen molar-refractivity contribution < 1.29 is 4.74 Å². The standard InChI is InChI=1S/C13H26N2OS/c1-4-15-13(2,12-14)8-5-6-10-17-11-7-9-16-3/h15H,4-11H2,1-3H3. The molecule has 17 heavy (non-hydrogen) atoms. The van der Waals surface area contributed by atoms with Crippen molar-refractivity contribution >= 4 is 11.8 Å². The summed E-state index contributed by atoms with van der Waals surface area (Å²) in [6.45, 7) is 5.75. The number of methoxy groups -OCH3 is 1. The summed E-state index contributed by atoms with van der Waals surface area (Å²) in [5, 5.41) is 12.3. The smallest absolute Gasteiger partial charge is 0.103 e. The van der Waals surface area contributed by atoms with Crippen molar-refractivity contribution in [2.24, 2.45) is 0 Å². The second kappa shape index (κ2) is 10.9. The summed E-state index contributed by atoms with van der Waals surface area (Å²) in [4.78, 5) is 0. The lowest BCUT2D eigenvalue weighted by molar-refractivity contribution is 0.200. The van der Waals surface area contributed by atoms with Gasteiger partial charge in [-0.1, -0.05) is 6.92 Å². The molecule has 0 aromatic rings. The number of nitriles is 1. The Labute approximate surface area is 110 Å². The average Bonchev–Trinajstić information content (AvgIpc) is 2.33. The summed E-state index contributed by atoms with van der Waals surface area (Å²) in [5.41, 5.74) is -0.338. The Morgan fingerprint density at radius 2 is 2.00 bits per heavy atom. The van der Waals surface area contributed by atoms with E-state index in [-0.39, 0.29) is 5.54 Å². The molecule has 100 valence electrons. The lowest BCUT2D eigenvalue weighted by Gasteiger charge is -2.22. The average molecular weight is 258 g/mol. The molecule has 0 heterocycles. The monoisotopic (exact) mass is 258 g/mol. The third-order valence-corrected chi connectivity index (χ3v) is 3.82. The van der Waals surface area contributed by atoms with Gasteiger partial charge in [0, 0.05) is 13.7 Å². The van der Waals surface area contributed by atoms with Crippen LogP contribution in [-0.2, 0) is 4.74 Å². The number of hydrogen-bond donors (Lipinski definition) is 1. The molecule has 0 amide bonds. The van der Waals surface area contributed by atoms with Crippen molar-refractivity contribution in [1.82, 2.24) is 5.32 Å². The molecule has 0 aromatic carbocycles. The van der Waals surface area contributed by atoms with E-state index in [9.17, 15) is 0 Å². The van der Waals surface area contributed by atoms with Gasteiger partial charge in [-0.2, -0.15) is 17.0 Å². The molecule has 0 bridgehead atoms. The molecule has 0 saturated carbocycles. The minimum absolute atomic E-state index is 0.338. The number of rotatable bonds is 11. The van der Waals surface area contributed by atoms with Crippen molar-refractivity contribution in [1.29, 1.82) is 5.26 Å². The predicted octanol–water partition coefficient (Wildman–Crippen LogP) is 2.82. The Kier molecular flexibility index (Phi) is 10.7. The third kappa shape index (κ3) is 9.46. The van der Waals surface area contributed by atoms with E-state index >= 15 is 0 Å². The molecule has 0 aliphatic carbocycles. The molecular weight excluding hydrogens is 232 g/mol. The van der Waals surface area contributed by atoms with Gasteiger partial charge in [-0.05, 0) is 50.7 Å². The van der Waals surface area contributed by atoms with Crippen LogP contribution < -0.4 is 5.32 Å². The minimum Gasteiger partial charge on any atom is -0.385 e. The van der Waals surface area contributed by atoms with Crippen molar-refractivity contribution in [2.45, 2.75) is 45.1 Å². The number of unbranched alkanes of at least 4 members (excludes halogenated alkanes) is 1. The van der Waals surface area contributed by atoms with E-state index in [1.807, 2.05) is 25.6 Å². The number of ether oxygens (including phenoxy) is 1. The molecule has 0 aliphatic rings. The highest BCUT2D eigenvalue weighted by Crippen LogP contribution is 2.15. The maximum absolute atomic E-state index is 9.08. The minimum atomic E-state index is -0.338. The molecule has 3 nitrogen and oxygen atoms in total. The first-order valence-corrected chi connectivity index (χ1v) is 7.57. The van der Waals surface area contributed by atoms with E-state index < -0.39 is 0 Å². The van der Waals surface area contributed by atoms with Crippen LogP contribution in [0.2, 0.25) is 0 Å². The van der Waals surface area contributed by atoms with Crippen LogP contribution in [0.25, 0.3) is 0 Å². The van der Waals surface area contributed by atoms with E-state index in [1.165, 1.54) is 17.9 Å². The summed E-state index contributed by atoms with van der Waals surface area (Å²) in [7, 11) is 1.74. The van der Waals surface area contributed by atoms with Crippen LogP contribution in [0.5, 0.6) is 0 Å². The van der Waals surface area contributed by atoms with Crippen LogP contribution in [0.3, 0.4) is 0 Å². The van der Waals surface area contributed by atoms with Crippen LogP contribution >= 0.6 is 11.8 Å². The van der Waals surface area contributed by atoms with Crippen LogP contribution in [0, 0.1) is 11.3 Å². The SMILES string of the molecule is CCNC(C)(C#N)CCCCSCCCOC. The van der Waals surface area contributed by atoms with E-state index in [4.69, 9.17) is 10.00 Å². The lowest BCUT2D eigenvalue weighted by Crippen LogP contribution is -2.40. The zero-order chi connectivity index (χ0) is 13.0. The summed E-state index contributed by atoms with van der Waals surface area (Å²) in [6, 6.07) is 2.36. The van der Waals surface area contributed by atoms with Gasteiger partial charge in [0.1, 0.15) is 5.54 Å². The third-order valence-electron chi connectivity index (χ3n) is 2.67. The van der Waals surface area contributed by atoms with Gasteiger partial charge in [-0.3, -0.25) is 5.32 Å². The molecule has 0 saturated heterocycles. The van der Waals surface area contributed by atoms with E-state index in [1.54, 1.807) is 7.11 Å². The second-order valence-corrected chi connectivity index (χ2v) is 5.61. The van der Waals surface area contributed by atoms with Crippen molar-refractivity contribution in [3.8, 4) is 6.07 Å². The first-order valence-electron chi connectivity index (χ1n) is 6.41. The van der Waals surface area contributed by atoms with Crippen molar-refractivity contribution in [3.63, 3.8) is 0 Å². The summed E-state index contributed by atoms with van der Waals surface area (Å²) >= 11 is 1.98. The fourth-order valence-electron chi connectivity index (χ4n) is 1.66. The number of thioether (sulfide) groups is 1. The molecule has 0 rings (SSSR count). The molecule has 1 atom stereocenters. The zero-order valence-electron chi connectivity index (χ0n) is 11.4. The quantitative estimate of drug-likeness (QED) is 0.579. The second-order valence-electron chi connectivity index (χ2n) is 4.39. The maximum atomic E-state index is 9.08. The van der Waals surface area contributed by atoms with E-state index in [0.717, 1.165) is 32.4 Å². The highest BCUT2D eigenvalue weighted by molar-refractivity contribution is 7.99. The Morgan fingerprint density at radius 3 is 2.59 bits per heavy atom. The maximum Gasteiger partial charge on any atom is 0.103 e. The van der Waals surface area contributed by atoms with Gasteiger partial charge in [0.25, 0.3) is 0 Å². The fraction of sp³-hybridized carbons (Fsp3) is 0.923. The number of hydrogen-bond acceptors (Lipinski definition) is 4. The lowest BCUT2D eigenvalue weighted by atomic mass is 9.97. The van der Waals surface area contributed by atoms with Gasteiger partial charge in [-0.15, -0.1) is 0 Å². The number of nitrogens with zero attached hydrogens (tertiary/aromatic N) is 1. The highest BCUT2D eigenvalue weighted by atomic mass is 32.2. The van der Waals surface area contributed by atoms with Gasteiger partial charge < -0.3 is 4.74 Å². The summed E-state index contributed by atoms with van der Waals surface area (Å²) in [6.07, 6.45) is 4.39. The predicted molar refractivity (Wildman–Crippen MR) is 75.4 cm³/mol. The molecule has 0 aromatic heterocycles. The molecular formula is C13H26N2OS. The first kappa shape index (κ1) is 16.8. The van der Waals surface area contributed by atoms with Gasteiger partial charge in [0.2, 0.25) is 0 Å². The van der Waals surface area contributed by atoms with Gasteiger partial charge in [0.15, 0.2) is 0 Å². The largest absolute Gasteiger partial charge is 0.385 e. The summed E-state index contributed by atoms with van der Waals surface area (Å²) in [5.74, 6) is 2.37. The van der Waals surface area contributed by atoms with Gasteiger partial charge >= 0.3 is 0 Å². The van der Waals surface area contributed by atoms with Crippen molar-refractivity contribution in [2.75, 3.05) is 31.8 Å². The fourth-order valence-corrected chi connectivity index (χ4v) is 2.60. The molecule has 4 heteroatoms. The normalized spacial score (nSPS) is 14.2. The number of nitrogens with one attached hydrogen (secondary N) is 1. The Hall–Kier alpha value is -0.240. The van der Waals surface area contributed by atoms with Gasteiger partial charge in [-0.25, -0.2) is 0 Å².